The molecule has 0 unspecified atom stereocenters. The van der Waals surface area contributed by atoms with Gasteiger partial charge >= 0.3 is 0 Å². The Morgan fingerprint density at radius 1 is 0.933 bits per heavy atom. The van der Waals surface area contributed by atoms with Crippen LogP contribution in [0, 0.1) is 0 Å². The Morgan fingerprint density at radius 2 is 1.67 bits per heavy atom. The van der Waals surface area contributed by atoms with Gasteiger partial charge in [0.1, 0.15) is 5.52 Å². The summed E-state index contributed by atoms with van der Waals surface area (Å²) in [5.41, 5.74) is 4.38. The van der Waals surface area contributed by atoms with Crippen molar-refractivity contribution in [3.8, 4) is 11.5 Å². The molecule has 5 rings (SSSR count). The van der Waals surface area contributed by atoms with Gasteiger partial charge in [0.2, 0.25) is 5.89 Å². The SMILES string of the molecule is CC(C)(C)c1ccc2oc(-c3ccc4c(c3)C(=O)N(C3CCCCC3)C4=O)nc2c1. The minimum absolute atomic E-state index is 0.0229. The van der Waals surface area contributed by atoms with Crippen LogP contribution in [0.3, 0.4) is 0 Å². The number of aromatic nitrogens is 1. The zero-order chi connectivity index (χ0) is 21.0. The van der Waals surface area contributed by atoms with Crippen molar-refractivity contribution in [2.75, 3.05) is 0 Å². The standard InChI is InChI=1S/C25H26N2O3/c1-25(2,3)16-10-12-21-20(14-16)26-22(30-21)15-9-11-18-19(13-15)24(29)27(23(18)28)17-7-5-4-6-8-17/h9-14,17H,4-8H2,1-3H3. The van der Waals surface area contributed by atoms with Gasteiger partial charge in [0, 0.05) is 11.6 Å². The van der Waals surface area contributed by atoms with Crippen LogP contribution < -0.4 is 0 Å². The van der Waals surface area contributed by atoms with Crippen molar-refractivity contribution >= 4 is 22.9 Å². The number of rotatable bonds is 2. The molecule has 0 atom stereocenters. The molecule has 1 fully saturated rings. The summed E-state index contributed by atoms with van der Waals surface area (Å²) in [7, 11) is 0. The monoisotopic (exact) mass is 402 g/mol. The topological polar surface area (TPSA) is 63.4 Å². The highest BCUT2D eigenvalue weighted by atomic mass is 16.3. The minimum atomic E-state index is -0.185. The number of carbonyl (C=O) groups is 2. The van der Waals surface area contributed by atoms with Gasteiger partial charge in [-0.05, 0) is 54.2 Å². The number of amides is 2. The van der Waals surface area contributed by atoms with Crippen LogP contribution in [-0.2, 0) is 5.41 Å². The quantitative estimate of drug-likeness (QED) is 0.514. The second-order valence-electron chi connectivity index (χ2n) is 9.48. The molecule has 1 aliphatic heterocycles. The molecule has 1 aromatic heterocycles. The van der Waals surface area contributed by atoms with Crippen LogP contribution in [0.5, 0.6) is 0 Å². The Balaban J connectivity index is 1.50. The molecular formula is C25H26N2O3. The molecule has 2 heterocycles. The molecule has 1 aliphatic carbocycles. The first-order valence-electron chi connectivity index (χ1n) is 10.8. The zero-order valence-electron chi connectivity index (χ0n) is 17.7. The maximum atomic E-state index is 13.1. The summed E-state index contributed by atoms with van der Waals surface area (Å²) in [6.07, 6.45) is 5.13. The first kappa shape index (κ1) is 19.0. The fraction of sp³-hybridized carbons (Fsp3) is 0.400. The van der Waals surface area contributed by atoms with Crippen LogP contribution in [0.15, 0.2) is 40.8 Å². The van der Waals surface area contributed by atoms with Crippen molar-refractivity contribution in [1.82, 2.24) is 9.88 Å². The third-order valence-electron chi connectivity index (χ3n) is 6.36. The van der Waals surface area contributed by atoms with E-state index in [1.165, 1.54) is 16.9 Å². The predicted octanol–water partition coefficient (Wildman–Crippen LogP) is 5.72. The smallest absolute Gasteiger partial charge is 0.261 e. The average molecular weight is 402 g/mol. The Morgan fingerprint density at radius 3 is 2.40 bits per heavy atom. The van der Waals surface area contributed by atoms with Crippen LogP contribution in [0.2, 0.25) is 0 Å². The lowest BCUT2D eigenvalue weighted by Crippen LogP contribution is -2.40. The van der Waals surface area contributed by atoms with Crippen molar-refractivity contribution in [3.05, 3.63) is 53.1 Å². The molecule has 0 spiro atoms. The molecule has 154 valence electrons. The number of oxazole rings is 1. The van der Waals surface area contributed by atoms with E-state index in [0.717, 1.165) is 31.2 Å². The van der Waals surface area contributed by atoms with E-state index < -0.39 is 0 Å². The van der Waals surface area contributed by atoms with E-state index >= 15 is 0 Å². The van der Waals surface area contributed by atoms with Crippen molar-refractivity contribution in [2.45, 2.75) is 64.3 Å². The number of nitrogens with zero attached hydrogens (tertiary/aromatic N) is 2. The fourth-order valence-corrected chi connectivity index (χ4v) is 4.58. The van der Waals surface area contributed by atoms with Crippen LogP contribution in [-0.4, -0.2) is 27.7 Å². The molecule has 1 saturated carbocycles. The largest absolute Gasteiger partial charge is 0.436 e. The Labute approximate surface area is 176 Å². The molecule has 2 aliphatic rings. The van der Waals surface area contributed by atoms with E-state index in [1.54, 1.807) is 12.1 Å². The van der Waals surface area contributed by atoms with Crippen LogP contribution in [0.4, 0.5) is 0 Å². The van der Waals surface area contributed by atoms with E-state index in [0.29, 0.717) is 28.2 Å². The van der Waals surface area contributed by atoms with Crippen molar-refractivity contribution in [1.29, 1.82) is 0 Å². The number of hydrogen-bond donors (Lipinski definition) is 0. The molecule has 0 N–H and O–H groups in total. The van der Waals surface area contributed by atoms with Crippen LogP contribution in [0.1, 0.15) is 79.2 Å². The summed E-state index contributed by atoms with van der Waals surface area (Å²) < 4.78 is 5.97. The van der Waals surface area contributed by atoms with Crippen LogP contribution >= 0.6 is 0 Å². The van der Waals surface area contributed by atoms with Crippen molar-refractivity contribution in [3.63, 3.8) is 0 Å². The van der Waals surface area contributed by atoms with Crippen molar-refractivity contribution < 1.29 is 14.0 Å². The Kier molecular flexibility index (Phi) is 4.31. The van der Waals surface area contributed by atoms with Gasteiger partial charge < -0.3 is 4.42 Å². The molecule has 2 amide bonds. The summed E-state index contributed by atoms with van der Waals surface area (Å²) in [5, 5.41) is 0. The van der Waals surface area contributed by atoms with E-state index in [1.807, 2.05) is 12.1 Å². The second kappa shape index (κ2) is 6.79. The van der Waals surface area contributed by atoms with Crippen LogP contribution in [0.25, 0.3) is 22.6 Å². The van der Waals surface area contributed by atoms with Gasteiger partial charge in [-0.3, -0.25) is 14.5 Å². The summed E-state index contributed by atoms with van der Waals surface area (Å²) in [6.45, 7) is 6.49. The summed E-state index contributed by atoms with van der Waals surface area (Å²) in [4.78, 5) is 32.1. The Hall–Kier alpha value is -2.95. The maximum absolute atomic E-state index is 13.1. The van der Waals surface area contributed by atoms with Gasteiger partial charge in [0.05, 0.1) is 11.1 Å². The lowest BCUT2D eigenvalue weighted by Gasteiger charge is -2.29. The second-order valence-corrected chi connectivity index (χ2v) is 9.48. The van der Waals surface area contributed by atoms with Gasteiger partial charge in [-0.25, -0.2) is 4.98 Å². The number of fused-ring (bicyclic) bond motifs is 2. The van der Waals surface area contributed by atoms with Gasteiger partial charge in [-0.1, -0.05) is 46.1 Å². The van der Waals surface area contributed by atoms with Gasteiger partial charge in [0.25, 0.3) is 11.8 Å². The molecule has 30 heavy (non-hydrogen) atoms. The molecule has 5 nitrogen and oxygen atoms in total. The fourth-order valence-electron chi connectivity index (χ4n) is 4.58. The maximum Gasteiger partial charge on any atom is 0.261 e. The third-order valence-corrected chi connectivity index (χ3v) is 6.36. The van der Waals surface area contributed by atoms with Crippen molar-refractivity contribution in [2.24, 2.45) is 0 Å². The van der Waals surface area contributed by atoms with E-state index in [9.17, 15) is 9.59 Å². The molecule has 0 saturated heterocycles. The summed E-state index contributed by atoms with van der Waals surface area (Å²) >= 11 is 0. The normalized spacial score (nSPS) is 17.8. The molecule has 5 heteroatoms. The summed E-state index contributed by atoms with van der Waals surface area (Å²) in [6, 6.07) is 11.4. The zero-order valence-corrected chi connectivity index (χ0v) is 17.7. The van der Waals surface area contributed by atoms with Gasteiger partial charge in [-0.2, -0.15) is 0 Å². The Bertz CT molecular complexity index is 1160. The highest BCUT2D eigenvalue weighted by Gasteiger charge is 2.40. The molecule has 2 aromatic carbocycles. The van der Waals surface area contributed by atoms with E-state index in [-0.39, 0.29) is 23.3 Å². The van der Waals surface area contributed by atoms with Gasteiger partial charge in [-0.15, -0.1) is 0 Å². The summed E-state index contributed by atoms with van der Waals surface area (Å²) in [5.74, 6) is 0.117. The van der Waals surface area contributed by atoms with E-state index in [2.05, 4.69) is 37.9 Å². The number of hydrogen-bond acceptors (Lipinski definition) is 4. The molecule has 0 bridgehead atoms. The molecule has 3 aromatic rings. The number of carbonyl (C=O) groups excluding carboxylic acids is 2. The highest BCUT2D eigenvalue weighted by Crippen LogP contribution is 2.34. The lowest BCUT2D eigenvalue weighted by atomic mass is 9.87. The average Bonchev–Trinajstić information content (AvgIpc) is 3.26. The molecular weight excluding hydrogens is 376 g/mol. The predicted molar refractivity (Wildman–Crippen MR) is 116 cm³/mol. The highest BCUT2D eigenvalue weighted by molar-refractivity contribution is 6.22. The number of imide groups is 1. The first-order valence-corrected chi connectivity index (χ1v) is 10.8. The lowest BCUT2D eigenvalue weighted by molar-refractivity contribution is 0.0549. The van der Waals surface area contributed by atoms with Gasteiger partial charge in [0.15, 0.2) is 5.58 Å². The van der Waals surface area contributed by atoms with E-state index in [4.69, 9.17) is 4.42 Å². The minimum Gasteiger partial charge on any atom is -0.436 e. The third kappa shape index (κ3) is 3.04. The molecule has 0 radical (unpaired) electrons. The first-order chi connectivity index (χ1) is 14.3. The number of benzene rings is 2.